The van der Waals surface area contributed by atoms with Crippen molar-refractivity contribution in [2.24, 2.45) is 5.92 Å². The number of rotatable bonds is 7. The summed E-state index contributed by atoms with van der Waals surface area (Å²) in [6, 6.07) is 1.96. The van der Waals surface area contributed by atoms with Gasteiger partial charge in [0.15, 0.2) is 0 Å². The van der Waals surface area contributed by atoms with E-state index in [0.29, 0.717) is 12.5 Å². The Morgan fingerprint density at radius 1 is 1.57 bits per heavy atom. The third-order valence-corrected chi connectivity index (χ3v) is 2.27. The van der Waals surface area contributed by atoms with Gasteiger partial charge in [0.05, 0.1) is 12.5 Å². The second-order valence-corrected chi connectivity index (χ2v) is 3.74. The van der Waals surface area contributed by atoms with Gasteiger partial charge in [-0.25, -0.2) is 0 Å². The number of hydrogen-bond donors (Lipinski definition) is 2. The fourth-order valence-electron chi connectivity index (χ4n) is 1.29. The molecule has 1 unspecified atom stereocenters. The highest BCUT2D eigenvalue weighted by Gasteiger charge is 1.99. The van der Waals surface area contributed by atoms with Crippen LogP contribution in [0.4, 0.5) is 0 Å². The molecule has 14 heavy (non-hydrogen) atoms. The van der Waals surface area contributed by atoms with Gasteiger partial charge in [-0.15, -0.1) is 0 Å². The van der Waals surface area contributed by atoms with Crippen molar-refractivity contribution in [3.63, 3.8) is 0 Å². The molecule has 1 atom stereocenters. The minimum absolute atomic E-state index is 0.293. The zero-order valence-electron chi connectivity index (χ0n) is 8.70. The van der Waals surface area contributed by atoms with Crippen LogP contribution in [0, 0.1) is 5.92 Å². The first-order valence-electron chi connectivity index (χ1n) is 5.15. The summed E-state index contributed by atoms with van der Waals surface area (Å²) >= 11 is 0. The smallest absolute Gasteiger partial charge is 0.0947 e. The summed E-state index contributed by atoms with van der Waals surface area (Å²) in [6.07, 6.45) is 5.63. The molecule has 1 aromatic rings. The third kappa shape index (κ3) is 4.44. The zero-order chi connectivity index (χ0) is 10.2. The van der Waals surface area contributed by atoms with E-state index in [0.717, 1.165) is 25.9 Å². The molecular formula is C11H19NO2. The van der Waals surface area contributed by atoms with E-state index in [-0.39, 0.29) is 0 Å². The van der Waals surface area contributed by atoms with Gasteiger partial charge in [0.1, 0.15) is 0 Å². The van der Waals surface area contributed by atoms with E-state index in [4.69, 9.17) is 9.52 Å². The van der Waals surface area contributed by atoms with Crippen LogP contribution < -0.4 is 5.32 Å². The molecule has 0 saturated heterocycles. The molecule has 0 bridgehead atoms. The molecule has 80 valence electrons. The Hall–Kier alpha value is -0.800. The molecule has 0 aliphatic carbocycles. The molecule has 0 aliphatic rings. The summed E-state index contributed by atoms with van der Waals surface area (Å²) in [5, 5.41) is 12.1. The van der Waals surface area contributed by atoms with Crippen LogP contribution in [0.5, 0.6) is 0 Å². The van der Waals surface area contributed by atoms with Gasteiger partial charge in [-0.3, -0.25) is 0 Å². The number of nitrogens with one attached hydrogen (secondary N) is 1. The van der Waals surface area contributed by atoms with E-state index in [1.54, 1.807) is 12.5 Å². The summed E-state index contributed by atoms with van der Waals surface area (Å²) in [5.41, 5.74) is 1.18. The second kappa shape index (κ2) is 6.62. The maximum Gasteiger partial charge on any atom is 0.0947 e. The van der Waals surface area contributed by atoms with E-state index in [1.807, 2.05) is 6.07 Å². The van der Waals surface area contributed by atoms with Crippen molar-refractivity contribution in [3.05, 3.63) is 24.2 Å². The van der Waals surface area contributed by atoms with Gasteiger partial charge >= 0.3 is 0 Å². The quantitative estimate of drug-likeness (QED) is 0.655. The van der Waals surface area contributed by atoms with Gasteiger partial charge in [0, 0.05) is 18.7 Å². The largest absolute Gasteiger partial charge is 0.472 e. The molecule has 1 aromatic heterocycles. The molecule has 3 heteroatoms. The number of furan rings is 1. The minimum atomic E-state index is 0.293. The Balaban J connectivity index is 1.95. The molecule has 0 radical (unpaired) electrons. The monoisotopic (exact) mass is 197 g/mol. The molecule has 0 spiro atoms. The normalized spacial score (nSPS) is 13.0. The lowest BCUT2D eigenvalue weighted by molar-refractivity contribution is 0.228. The maximum absolute atomic E-state index is 8.81. The zero-order valence-corrected chi connectivity index (χ0v) is 8.70. The van der Waals surface area contributed by atoms with Crippen molar-refractivity contribution in [2.45, 2.75) is 26.3 Å². The highest BCUT2D eigenvalue weighted by molar-refractivity contribution is 5.04. The standard InChI is InChI=1S/C11H19NO2/c1-10(8-13)3-2-5-12-7-11-4-6-14-9-11/h4,6,9-10,12-13H,2-3,5,7-8H2,1H3. The first-order chi connectivity index (χ1) is 6.83. The Morgan fingerprint density at radius 2 is 2.43 bits per heavy atom. The van der Waals surface area contributed by atoms with Crippen LogP contribution in [0.3, 0.4) is 0 Å². The van der Waals surface area contributed by atoms with Crippen molar-refractivity contribution in [3.8, 4) is 0 Å². The predicted octanol–water partition coefficient (Wildman–Crippen LogP) is 1.78. The van der Waals surface area contributed by atoms with E-state index in [2.05, 4.69) is 12.2 Å². The Kier molecular flexibility index (Phi) is 5.33. The number of aliphatic hydroxyl groups excluding tert-OH is 1. The molecule has 0 saturated carbocycles. The molecule has 0 fully saturated rings. The lowest BCUT2D eigenvalue weighted by atomic mass is 10.1. The van der Waals surface area contributed by atoms with E-state index < -0.39 is 0 Å². The summed E-state index contributed by atoms with van der Waals surface area (Å²) in [4.78, 5) is 0. The number of aliphatic hydroxyl groups is 1. The van der Waals surface area contributed by atoms with Crippen LogP contribution in [-0.2, 0) is 6.54 Å². The number of hydrogen-bond acceptors (Lipinski definition) is 3. The van der Waals surface area contributed by atoms with Gasteiger partial charge < -0.3 is 14.8 Å². The molecule has 1 rings (SSSR count). The summed E-state index contributed by atoms with van der Waals surface area (Å²) < 4.78 is 4.95. The van der Waals surface area contributed by atoms with Crippen molar-refractivity contribution in [2.75, 3.05) is 13.2 Å². The Labute approximate surface area is 85.1 Å². The van der Waals surface area contributed by atoms with Crippen molar-refractivity contribution >= 4 is 0 Å². The molecule has 1 heterocycles. The highest BCUT2D eigenvalue weighted by atomic mass is 16.3. The Morgan fingerprint density at radius 3 is 3.07 bits per heavy atom. The minimum Gasteiger partial charge on any atom is -0.472 e. The SMILES string of the molecule is CC(CO)CCCNCc1ccoc1. The van der Waals surface area contributed by atoms with E-state index in [1.165, 1.54) is 5.56 Å². The van der Waals surface area contributed by atoms with Gasteiger partial charge in [0.2, 0.25) is 0 Å². The molecular weight excluding hydrogens is 178 g/mol. The van der Waals surface area contributed by atoms with Crippen LogP contribution in [0.1, 0.15) is 25.3 Å². The fraction of sp³-hybridized carbons (Fsp3) is 0.636. The van der Waals surface area contributed by atoms with Crippen molar-refractivity contribution in [1.29, 1.82) is 0 Å². The second-order valence-electron chi connectivity index (χ2n) is 3.74. The van der Waals surface area contributed by atoms with E-state index in [9.17, 15) is 0 Å². The lowest BCUT2D eigenvalue weighted by Gasteiger charge is -2.07. The fourth-order valence-corrected chi connectivity index (χ4v) is 1.29. The first kappa shape index (κ1) is 11.3. The highest BCUT2D eigenvalue weighted by Crippen LogP contribution is 2.03. The van der Waals surface area contributed by atoms with Crippen LogP contribution >= 0.6 is 0 Å². The van der Waals surface area contributed by atoms with Gasteiger partial charge in [0.25, 0.3) is 0 Å². The Bertz CT molecular complexity index is 221. The average Bonchev–Trinajstić information content (AvgIpc) is 2.69. The average molecular weight is 197 g/mol. The maximum atomic E-state index is 8.81. The van der Waals surface area contributed by atoms with Gasteiger partial charge in [-0.2, -0.15) is 0 Å². The summed E-state index contributed by atoms with van der Waals surface area (Å²) in [7, 11) is 0. The predicted molar refractivity (Wildman–Crippen MR) is 55.9 cm³/mol. The van der Waals surface area contributed by atoms with Crippen LogP contribution in [0.15, 0.2) is 23.0 Å². The lowest BCUT2D eigenvalue weighted by Crippen LogP contribution is -2.15. The van der Waals surface area contributed by atoms with Crippen LogP contribution in [0.25, 0.3) is 0 Å². The summed E-state index contributed by atoms with van der Waals surface area (Å²) in [6.45, 7) is 4.22. The van der Waals surface area contributed by atoms with E-state index >= 15 is 0 Å². The molecule has 2 N–H and O–H groups in total. The van der Waals surface area contributed by atoms with Crippen LogP contribution in [0.2, 0.25) is 0 Å². The molecule has 0 aliphatic heterocycles. The molecule has 3 nitrogen and oxygen atoms in total. The van der Waals surface area contributed by atoms with Gasteiger partial charge in [-0.05, 0) is 31.4 Å². The molecule has 0 amide bonds. The van der Waals surface area contributed by atoms with Crippen LogP contribution in [-0.4, -0.2) is 18.3 Å². The first-order valence-corrected chi connectivity index (χ1v) is 5.15. The van der Waals surface area contributed by atoms with Crippen molar-refractivity contribution in [1.82, 2.24) is 5.32 Å². The molecule has 0 aromatic carbocycles. The third-order valence-electron chi connectivity index (χ3n) is 2.27. The van der Waals surface area contributed by atoms with Gasteiger partial charge in [-0.1, -0.05) is 6.92 Å². The topological polar surface area (TPSA) is 45.4 Å². The van der Waals surface area contributed by atoms with Crippen molar-refractivity contribution < 1.29 is 9.52 Å². The summed E-state index contributed by atoms with van der Waals surface area (Å²) in [5.74, 6) is 0.422.